The summed E-state index contributed by atoms with van der Waals surface area (Å²) in [5.74, 6) is 1.64. The van der Waals surface area contributed by atoms with Crippen LogP contribution in [0.2, 0.25) is 0 Å². The van der Waals surface area contributed by atoms with Gasteiger partial charge in [0.15, 0.2) is 0 Å². The molecule has 66 valence electrons. The monoisotopic (exact) mass is 173 g/mol. The van der Waals surface area contributed by atoms with Crippen LogP contribution in [0.15, 0.2) is 30.3 Å². The van der Waals surface area contributed by atoms with Crippen LogP contribution in [-0.4, -0.2) is 5.91 Å². The Morgan fingerprint density at radius 3 is 2.62 bits per heavy atom. The van der Waals surface area contributed by atoms with E-state index in [0.717, 1.165) is 5.56 Å². The van der Waals surface area contributed by atoms with Crippen molar-refractivity contribution in [3.8, 4) is 12.3 Å². The van der Waals surface area contributed by atoms with E-state index in [0.29, 0.717) is 0 Å². The first-order chi connectivity index (χ1) is 6.24. The Kier molecular flexibility index (Phi) is 3.10. The fourth-order valence-corrected chi connectivity index (χ4v) is 1.06. The van der Waals surface area contributed by atoms with Gasteiger partial charge in [0, 0.05) is 0 Å². The minimum Gasteiger partial charge on any atom is -0.339 e. The molecule has 0 saturated carbocycles. The van der Waals surface area contributed by atoms with Crippen molar-refractivity contribution in [3.05, 3.63) is 35.9 Å². The molecule has 0 spiro atoms. The third-order valence-corrected chi connectivity index (χ3v) is 1.78. The Bertz CT molecular complexity index is 324. The minimum absolute atomic E-state index is 0.0373. The summed E-state index contributed by atoms with van der Waals surface area (Å²) in [4.78, 5) is 10.8. The van der Waals surface area contributed by atoms with Crippen LogP contribution in [0.5, 0.6) is 0 Å². The van der Waals surface area contributed by atoms with Gasteiger partial charge in [-0.05, 0) is 18.4 Å². The lowest BCUT2D eigenvalue weighted by molar-refractivity contribution is -0.116. The second kappa shape index (κ2) is 4.32. The van der Waals surface area contributed by atoms with E-state index in [9.17, 15) is 4.79 Å². The van der Waals surface area contributed by atoms with Crippen molar-refractivity contribution < 1.29 is 4.79 Å². The highest BCUT2D eigenvalue weighted by Gasteiger charge is 2.05. The zero-order chi connectivity index (χ0) is 9.68. The predicted molar refractivity (Wildman–Crippen MR) is 51.8 cm³/mol. The number of hydrogen-bond acceptors (Lipinski definition) is 1. The van der Waals surface area contributed by atoms with Gasteiger partial charge >= 0.3 is 0 Å². The zero-order valence-corrected chi connectivity index (χ0v) is 7.45. The molecule has 1 aromatic carbocycles. The van der Waals surface area contributed by atoms with Crippen molar-refractivity contribution in [3.63, 3.8) is 0 Å². The Labute approximate surface area is 78.0 Å². The van der Waals surface area contributed by atoms with Crippen LogP contribution in [-0.2, 0) is 4.79 Å². The first kappa shape index (κ1) is 9.34. The molecule has 0 saturated heterocycles. The normalized spacial score (nSPS) is 11.4. The van der Waals surface area contributed by atoms with E-state index in [1.165, 1.54) is 0 Å². The second-order valence-electron chi connectivity index (χ2n) is 2.75. The van der Waals surface area contributed by atoms with Crippen molar-refractivity contribution in [2.24, 2.45) is 0 Å². The maximum absolute atomic E-state index is 10.8. The number of rotatable bonds is 2. The van der Waals surface area contributed by atoms with Crippen LogP contribution in [0.1, 0.15) is 18.5 Å². The molecule has 0 aliphatic heterocycles. The first-order valence-electron chi connectivity index (χ1n) is 4.06. The number of carbonyl (C=O) groups is 1. The van der Waals surface area contributed by atoms with Gasteiger partial charge in [-0.2, -0.15) is 0 Å². The fourth-order valence-electron chi connectivity index (χ4n) is 1.06. The lowest BCUT2D eigenvalue weighted by Crippen LogP contribution is -2.24. The van der Waals surface area contributed by atoms with Crippen LogP contribution in [0.3, 0.4) is 0 Å². The predicted octanol–water partition coefficient (Wildman–Crippen LogP) is 1.50. The summed E-state index contributed by atoms with van der Waals surface area (Å²) in [5, 5.41) is 2.67. The molecule has 0 heterocycles. The second-order valence-corrected chi connectivity index (χ2v) is 2.75. The minimum atomic E-state index is -0.378. The van der Waals surface area contributed by atoms with E-state index in [-0.39, 0.29) is 11.9 Å². The van der Waals surface area contributed by atoms with E-state index in [1.54, 1.807) is 0 Å². The zero-order valence-electron chi connectivity index (χ0n) is 7.45. The van der Waals surface area contributed by atoms with E-state index in [1.807, 2.05) is 43.2 Å². The largest absolute Gasteiger partial charge is 0.339 e. The number of hydrogen-bond donors (Lipinski definition) is 1. The molecule has 0 aliphatic carbocycles. The van der Waals surface area contributed by atoms with Crippen LogP contribution < -0.4 is 5.32 Å². The summed E-state index contributed by atoms with van der Waals surface area (Å²) >= 11 is 0. The summed E-state index contributed by atoms with van der Waals surface area (Å²) in [7, 11) is 0. The van der Waals surface area contributed by atoms with Crippen LogP contribution in [0.4, 0.5) is 0 Å². The van der Waals surface area contributed by atoms with Gasteiger partial charge in [-0.1, -0.05) is 30.3 Å². The average Bonchev–Trinajstić information content (AvgIpc) is 2.19. The molecule has 0 aromatic heterocycles. The maximum atomic E-state index is 10.8. The average molecular weight is 173 g/mol. The molecule has 1 N–H and O–H groups in total. The number of carbonyl (C=O) groups excluding carboxylic acids is 1. The molecule has 0 fully saturated rings. The summed E-state index contributed by atoms with van der Waals surface area (Å²) in [6, 6.07) is 9.63. The van der Waals surface area contributed by atoms with Crippen molar-refractivity contribution >= 4 is 5.91 Å². The quantitative estimate of drug-likeness (QED) is 0.674. The maximum Gasteiger partial charge on any atom is 0.296 e. The molecule has 1 atom stereocenters. The van der Waals surface area contributed by atoms with Crippen molar-refractivity contribution in [2.75, 3.05) is 0 Å². The standard InChI is InChI=1S/C11H11NO/c1-3-11(13)12-9(2)10-7-5-4-6-8-10/h1,4-9H,2H3,(H,12,13)/t9-/m0/s1. The van der Waals surface area contributed by atoms with Gasteiger partial charge in [-0.3, -0.25) is 4.79 Å². The molecule has 2 nitrogen and oxygen atoms in total. The van der Waals surface area contributed by atoms with E-state index < -0.39 is 0 Å². The third-order valence-electron chi connectivity index (χ3n) is 1.78. The molecule has 13 heavy (non-hydrogen) atoms. The van der Waals surface area contributed by atoms with Gasteiger partial charge in [0.05, 0.1) is 6.04 Å². The van der Waals surface area contributed by atoms with E-state index >= 15 is 0 Å². The third kappa shape index (κ3) is 2.64. The molecule has 0 radical (unpaired) electrons. The summed E-state index contributed by atoms with van der Waals surface area (Å²) in [6.45, 7) is 1.89. The topological polar surface area (TPSA) is 29.1 Å². The van der Waals surface area contributed by atoms with Crippen molar-refractivity contribution in [1.82, 2.24) is 5.32 Å². The van der Waals surface area contributed by atoms with Gasteiger partial charge in [-0.15, -0.1) is 6.42 Å². The SMILES string of the molecule is C#CC(=O)N[C@@H](C)c1ccccc1. The Morgan fingerprint density at radius 2 is 2.08 bits per heavy atom. The molecule has 1 aromatic rings. The number of nitrogens with one attached hydrogen (secondary N) is 1. The van der Waals surface area contributed by atoms with Gasteiger partial charge in [0.25, 0.3) is 5.91 Å². The molecule has 0 aliphatic rings. The molecule has 0 bridgehead atoms. The molecule has 0 unspecified atom stereocenters. The number of benzene rings is 1. The summed E-state index contributed by atoms with van der Waals surface area (Å²) in [6.07, 6.45) is 4.94. The Hall–Kier alpha value is -1.75. The van der Waals surface area contributed by atoms with Crippen molar-refractivity contribution in [2.45, 2.75) is 13.0 Å². The van der Waals surface area contributed by atoms with Gasteiger partial charge < -0.3 is 5.32 Å². The molecule has 1 amide bonds. The van der Waals surface area contributed by atoms with E-state index in [4.69, 9.17) is 6.42 Å². The smallest absolute Gasteiger partial charge is 0.296 e. The number of amides is 1. The highest BCUT2D eigenvalue weighted by atomic mass is 16.1. The van der Waals surface area contributed by atoms with Crippen molar-refractivity contribution in [1.29, 1.82) is 0 Å². The Balaban J connectivity index is 2.65. The highest BCUT2D eigenvalue weighted by molar-refractivity contribution is 5.93. The van der Waals surface area contributed by atoms with Crippen LogP contribution >= 0.6 is 0 Å². The first-order valence-corrected chi connectivity index (χ1v) is 4.06. The molecule has 1 rings (SSSR count). The lowest BCUT2D eigenvalue weighted by Gasteiger charge is -2.11. The van der Waals surface area contributed by atoms with Gasteiger partial charge in [0.1, 0.15) is 0 Å². The molecular formula is C11H11NO. The Morgan fingerprint density at radius 1 is 1.46 bits per heavy atom. The van der Waals surface area contributed by atoms with Gasteiger partial charge in [0.2, 0.25) is 0 Å². The van der Waals surface area contributed by atoms with E-state index in [2.05, 4.69) is 5.32 Å². The van der Waals surface area contributed by atoms with Crippen LogP contribution in [0.25, 0.3) is 0 Å². The molecule has 2 heteroatoms. The van der Waals surface area contributed by atoms with Crippen LogP contribution in [0, 0.1) is 12.3 Å². The van der Waals surface area contributed by atoms with Gasteiger partial charge in [-0.25, -0.2) is 0 Å². The summed E-state index contributed by atoms with van der Waals surface area (Å²) in [5.41, 5.74) is 1.05. The highest BCUT2D eigenvalue weighted by Crippen LogP contribution is 2.10. The molecular weight excluding hydrogens is 162 g/mol. The summed E-state index contributed by atoms with van der Waals surface area (Å²) < 4.78 is 0. The fraction of sp³-hybridized carbons (Fsp3) is 0.182. The number of terminal acetylenes is 1. The lowest BCUT2D eigenvalue weighted by atomic mass is 10.1.